The van der Waals surface area contributed by atoms with Crippen LogP contribution in [0.25, 0.3) is 76.9 Å². The Morgan fingerprint density at radius 3 is 1.92 bits per heavy atom. The zero-order valence-electron chi connectivity index (χ0n) is 26.9. The maximum absolute atomic E-state index is 6.55. The third-order valence-corrected chi connectivity index (χ3v) is 11.0. The van der Waals surface area contributed by atoms with Crippen molar-refractivity contribution in [3.05, 3.63) is 158 Å². The molecule has 4 heteroatoms. The standard InChI is InChI=1S/C46H26BNO2/c1-2-12-30-27(10-1)11-9-16-31(30)28-22-37-32-13-3-6-17-38(32)47-39-25-36-34-15-5-8-19-43(34)50-45(36)26-40(39)48(41(23-28)46(37)47)29-20-21-35-33-14-4-7-18-42(33)49-44(35)24-29/h1-26H. The Balaban J connectivity index is 1.21. The molecule has 0 atom stereocenters. The molecule has 2 aliphatic rings. The van der Waals surface area contributed by atoms with Gasteiger partial charge in [0.25, 0.3) is 0 Å². The van der Waals surface area contributed by atoms with Gasteiger partial charge in [-0.15, -0.1) is 0 Å². The molecule has 50 heavy (non-hydrogen) atoms. The summed E-state index contributed by atoms with van der Waals surface area (Å²) in [6.07, 6.45) is 0. The van der Waals surface area contributed by atoms with Gasteiger partial charge in [-0.1, -0.05) is 115 Å². The van der Waals surface area contributed by atoms with Crippen LogP contribution in [0, 0.1) is 0 Å². The van der Waals surface area contributed by atoms with Gasteiger partial charge in [-0.25, -0.2) is 0 Å². The molecule has 0 amide bonds. The predicted molar refractivity (Wildman–Crippen MR) is 209 cm³/mol. The van der Waals surface area contributed by atoms with E-state index >= 15 is 0 Å². The maximum atomic E-state index is 6.55. The zero-order chi connectivity index (χ0) is 32.5. The van der Waals surface area contributed by atoms with Crippen LogP contribution in [-0.2, 0) is 0 Å². The number of benzene rings is 8. The molecular weight excluding hydrogens is 609 g/mol. The number of hydrogen-bond donors (Lipinski definition) is 0. The van der Waals surface area contributed by atoms with Gasteiger partial charge in [-0.2, -0.15) is 0 Å². The molecular formula is C46H26BNO2. The molecule has 3 nitrogen and oxygen atoms in total. The average Bonchev–Trinajstić information content (AvgIpc) is 3.83. The van der Waals surface area contributed by atoms with Crippen molar-refractivity contribution in [1.82, 2.24) is 0 Å². The molecule has 2 aliphatic heterocycles. The van der Waals surface area contributed by atoms with E-state index in [1.54, 1.807) is 0 Å². The Hall–Kier alpha value is -6.52. The molecule has 0 bridgehead atoms. The van der Waals surface area contributed by atoms with E-state index in [0.29, 0.717) is 0 Å². The van der Waals surface area contributed by atoms with Crippen LogP contribution in [0.15, 0.2) is 167 Å². The second-order valence-corrected chi connectivity index (χ2v) is 13.6. The molecule has 230 valence electrons. The van der Waals surface area contributed by atoms with E-state index in [4.69, 9.17) is 8.83 Å². The summed E-state index contributed by atoms with van der Waals surface area (Å²) in [5, 5.41) is 7.03. The van der Waals surface area contributed by atoms with Crippen molar-refractivity contribution in [2.75, 3.05) is 4.90 Å². The summed E-state index contributed by atoms with van der Waals surface area (Å²) in [5.41, 5.74) is 15.9. The van der Waals surface area contributed by atoms with E-state index in [1.165, 1.54) is 55.1 Å². The first kappa shape index (κ1) is 26.4. The van der Waals surface area contributed by atoms with E-state index in [0.717, 1.165) is 55.3 Å². The van der Waals surface area contributed by atoms with Crippen LogP contribution in [0.5, 0.6) is 0 Å². The number of rotatable bonds is 2. The summed E-state index contributed by atoms with van der Waals surface area (Å²) in [5.74, 6) is 0. The van der Waals surface area contributed by atoms with Crippen molar-refractivity contribution >= 4 is 94.8 Å². The lowest BCUT2D eigenvalue weighted by molar-refractivity contribution is 0.669. The Morgan fingerprint density at radius 2 is 1.06 bits per heavy atom. The van der Waals surface area contributed by atoms with Crippen molar-refractivity contribution in [1.29, 1.82) is 0 Å². The van der Waals surface area contributed by atoms with Gasteiger partial charge in [0.05, 0.1) is 0 Å². The maximum Gasteiger partial charge on any atom is 0.248 e. The summed E-state index contributed by atoms with van der Waals surface area (Å²) in [6.45, 7) is 0.0945. The molecule has 0 N–H and O–H groups in total. The van der Waals surface area contributed by atoms with Crippen molar-refractivity contribution in [3.63, 3.8) is 0 Å². The first-order valence-electron chi connectivity index (χ1n) is 17.2. The topological polar surface area (TPSA) is 29.5 Å². The van der Waals surface area contributed by atoms with Crippen LogP contribution >= 0.6 is 0 Å². The fourth-order valence-corrected chi connectivity index (χ4v) is 8.92. The first-order valence-corrected chi connectivity index (χ1v) is 17.2. The molecule has 0 aliphatic carbocycles. The van der Waals surface area contributed by atoms with Crippen LogP contribution in [0.1, 0.15) is 0 Å². The minimum atomic E-state index is 0.0945. The highest BCUT2D eigenvalue weighted by Crippen LogP contribution is 2.46. The SMILES string of the molecule is c1ccc2c(c1)B1c3cc4c(cc3N(c3ccc5c(c3)oc3ccccc35)c3cc(-c5cccc6ccccc56)cc-2c31)oc1ccccc14. The van der Waals surface area contributed by atoms with Crippen LogP contribution in [0.2, 0.25) is 0 Å². The van der Waals surface area contributed by atoms with Gasteiger partial charge < -0.3 is 13.7 Å². The van der Waals surface area contributed by atoms with E-state index in [2.05, 4.69) is 144 Å². The Morgan fingerprint density at radius 1 is 0.400 bits per heavy atom. The molecule has 0 radical (unpaired) electrons. The minimum Gasteiger partial charge on any atom is -0.456 e. The normalized spacial score (nSPS) is 13.1. The summed E-state index contributed by atoms with van der Waals surface area (Å²) >= 11 is 0. The lowest BCUT2D eigenvalue weighted by atomic mass is 9.37. The highest BCUT2D eigenvalue weighted by Gasteiger charge is 2.43. The first-order chi connectivity index (χ1) is 24.8. The quantitative estimate of drug-likeness (QED) is 0.177. The third kappa shape index (κ3) is 3.45. The zero-order valence-corrected chi connectivity index (χ0v) is 26.9. The number of hydrogen-bond acceptors (Lipinski definition) is 3. The fourth-order valence-electron chi connectivity index (χ4n) is 8.92. The largest absolute Gasteiger partial charge is 0.456 e. The van der Waals surface area contributed by atoms with Crippen LogP contribution in [-0.4, -0.2) is 6.71 Å². The lowest BCUT2D eigenvalue weighted by Gasteiger charge is -2.36. The molecule has 0 saturated heterocycles. The van der Waals surface area contributed by atoms with Gasteiger partial charge >= 0.3 is 0 Å². The van der Waals surface area contributed by atoms with Gasteiger partial charge in [0.15, 0.2) is 0 Å². The third-order valence-electron chi connectivity index (χ3n) is 11.0. The number of furan rings is 2. The van der Waals surface area contributed by atoms with Crippen LogP contribution < -0.4 is 21.3 Å². The Bertz CT molecular complexity index is 3070. The molecule has 4 heterocycles. The van der Waals surface area contributed by atoms with Gasteiger partial charge in [-0.3, -0.25) is 0 Å². The molecule has 0 fully saturated rings. The summed E-state index contributed by atoms with van der Waals surface area (Å²) < 4.78 is 13.0. The Kier molecular flexibility index (Phi) is 5.05. The van der Waals surface area contributed by atoms with Gasteiger partial charge in [0.2, 0.25) is 6.71 Å². The van der Waals surface area contributed by atoms with Crippen molar-refractivity contribution in [3.8, 4) is 22.3 Å². The molecule has 0 unspecified atom stereocenters. The number of nitrogens with zero attached hydrogens (tertiary/aromatic N) is 1. The number of fused-ring (bicyclic) bond motifs is 12. The summed E-state index contributed by atoms with van der Waals surface area (Å²) in [7, 11) is 0. The molecule has 2 aromatic heterocycles. The second kappa shape index (κ2) is 9.55. The fraction of sp³-hybridized carbons (Fsp3) is 0. The summed E-state index contributed by atoms with van der Waals surface area (Å²) in [6, 6.07) is 57.1. The monoisotopic (exact) mass is 635 g/mol. The van der Waals surface area contributed by atoms with Gasteiger partial charge in [-0.05, 0) is 80.4 Å². The lowest BCUT2D eigenvalue weighted by Crippen LogP contribution is -2.54. The molecule has 0 spiro atoms. The van der Waals surface area contributed by atoms with Crippen molar-refractivity contribution < 1.29 is 8.83 Å². The minimum absolute atomic E-state index is 0.0945. The summed E-state index contributed by atoms with van der Waals surface area (Å²) in [4.78, 5) is 2.45. The molecule has 12 rings (SSSR count). The highest BCUT2D eigenvalue weighted by molar-refractivity contribution is 7.01. The van der Waals surface area contributed by atoms with Crippen LogP contribution in [0.4, 0.5) is 17.1 Å². The average molecular weight is 636 g/mol. The molecule has 0 saturated carbocycles. The Labute approximate surface area is 287 Å². The van der Waals surface area contributed by atoms with E-state index < -0.39 is 0 Å². The predicted octanol–water partition coefficient (Wildman–Crippen LogP) is 10.6. The number of anilines is 3. The smallest absolute Gasteiger partial charge is 0.248 e. The second-order valence-electron chi connectivity index (χ2n) is 13.6. The van der Waals surface area contributed by atoms with Gasteiger partial charge in [0.1, 0.15) is 22.3 Å². The van der Waals surface area contributed by atoms with E-state index in [9.17, 15) is 0 Å². The highest BCUT2D eigenvalue weighted by atomic mass is 16.3. The van der Waals surface area contributed by atoms with Crippen LogP contribution in [0.3, 0.4) is 0 Å². The van der Waals surface area contributed by atoms with E-state index in [1.807, 2.05) is 18.2 Å². The molecule has 8 aromatic carbocycles. The van der Waals surface area contributed by atoms with E-state index in [-0.39, 0.29) is 6.71 Å². The number of para-hydroxylation sites is 2. The molecule has 10 aromatic rings. The van der Waals surface area contributed by atoms with Crippen molar-refractivity contribution in [2.45, 2.75) is 0 Å². The van der Waals surface area contributed by atoms with Crippen molar-refractivity contribution in [2.24, 2.45) is 0 Å². The van der Waals surface area contributed by atoms with Gasteiger partial charge in [0, 0.05) is 50.7 Å².